The number of nitrogens with one attached hydrogen (secondary N) is 1. The topological polar surface area (TPSA) is 95.6 Å². The Kier molecular flexibility index (Phi) is 5.77. The zero-order valence-corrected chi connectivity index (χ0v) is 15.1. The van der Waals surface area contributed by atoms with Gasteiger partial charge < -0.3 is 19.4 Å². The number of hydrogen-bond donors (Lipinski definition) is 1. The van der Waals surface area contributed by atoms with Crippen molar-refractivity contribution in [3.8, 4) is 11.8 Å². The Bertz CT molecular complexity index is 816. The quantitative estimate of drug-likeness (QED) is 0.875. The molecule has 27 heavy (non-hydrogen) atoms. The first-order valence-corrected chi connectivity index (χ1v) is 8.85. The predicted octanol–water partition coefficient (Wildman–Crippen LogP) is 2.34. The number of carbonyl (C=O) groups is 2. The Morgan fingerprint density at radius 1 is 1.26 bits per heavy atom. The van der Waals surface area contributed by atoms with Crippen molar-refractivity contribution < 1.29 is 18.7 Å². The Morgan fingerprint density at radius 3 is 2.56 bits per heavy atom. The van der Waals surface area contributed by atoms with Crippen LogP contribution in [0.25, 0.3) is 0 Å². The third-order valence-corrected chi connectivity index (χ3v) is 4.56. The predicted molar refractivity (Wildman–Crippen MR) is 97.0 cm³/mol. The van der Waals surface area contributed by atoms with Crippen molar-refractivity contribution in [1.29, 1.82) is 5.26 Å². The molecule has 1 saturated heterocycles. The van der Waals surface area contributed by atoms with Crippen molar-refractivity contribution in [2.75, 3.05) is 13.1 Å². The molecule has 1 aromatic carbocycles. The second-order valence-corrected chi connectivity index (χ2v) is 6.48. The maximum atomic E-state index is 12.4. The van der Waals surface area contributed by atoms with Crippen LogP contribution < -0.4 is 10.1 Å². The first-order chi connectivity index (χ1) is 13.1. The van der Waals surface area contributed by atoms with Crippen LogP contribution in [0, 0.1) is 11.3 Å². The molecule has 0 spiro atoms. The lowest BCUT2D eigenvalue weighted by Crippen LogP contribution is -2.49. The van der Waals surface area contributed by atoms with E-state index >= 15 is 0 Å². The highest BCUT2D eigenvalue weighted by atomic mass is 16.5. The van der Waals surface area contributed by atoms with Crippen molar-refractivity contribution in [1.82, 2.24) is 10.2 Å². The molecule has 0 aliphatic carbocycles. The number of rotatable bonds is 5. The van der Waals surface area contributed by atoms with Gasteiger partial charge in [-0.3, -0.25) is 9.59 Å². The molecule has 2 aromatic rings. The molecule has 1 unspecified atom stereocenters. The minimum Gasteiger partial charge on any atom is -0.481 e. The summed E-state index contributed by atoms with van der Waals surface area (Å²) in [6.07, 6.45) is 3.66. The van der Waals surface area contributed by atoms with Gasteiger partial charge in [-0.05, 0) is 50.1 Å². The highest BCUT2D eigenvalue weighted by Gasteiger charge is 2.26. The molecule has 140 valence electrons. The molecule has 1 aliphatic rings. The fourth-order valence-corrected chi connectivity index (χ4v) is 2.98. The van der Waals surface area contributed by atoms with Crippen molar-refractivity contribution in [3.05, 3.63) is 54.0 Å². The van der Waals surface area contributed by atoms with Crippen molar-refractivity contribution in [2.45, 2.75) is 31.9 Å². The van der Waals surface area contributed by atoms with Gasteiger partial charge in [0.25, 0.3) is 11.8 Å². The average molecular weight is 367 g/mol. The fourth-order valence-electron chi connectivity index (χ4n) is 2.98. The molecule has 0 saturated carbocycles. The molecular formula is C20H21N3O4. The number of benzene rings is 1. The lowest BCUT2D eigenvalue weighted by molar-refractivity contribution is -0.128. The van der Waals surface area contributed by atoms with E-state index in [1.54, 1.807) is 42.2 Å². The first kappa shape index (κ1) is 18.5. The summed E-state index contributed by atoms with van der Waals surface area (Å²) in [4.78, 5) is 26.4. The van der Waals surface area contributed by atoms with E-state index in [0.717, 1.165) is 0 Å². The molecule has 2 heterocycles. The molecule has 7 nitrogen and oxygen atoms in total. The largest absolute Gasteiger partial charge is 0.481 e. The maximum absolute atomic E-state index is 12.4. The summed E-state index contributed by atoms with van der Waals surface area (Å²) in [5, 5.41) is 11.8. The molecule has 1 aromatic heterocycles. The number of nitriles is 1. The fraction of sp³-hybridized carbons (Fsp3) is 0.350. The van der Waals surface area contributed by atoms with E-state index in [1.807, 2.05) is 6.07 Å². The van der Waals surface area contributed by atoms with E-state index in [9.17, 15) is 9.59 Å². The molecule has 1 atom stereocenters. The van der Waals surface area contributed by atoms with Crippen LogP contribution in [0.3, 0.4) is 0 Å². The third-order valence-electron chi connectivity index (χ3n) is 4.56. The number of nitrogens with zero attached hydrogens (tertiary/aromatic N) is 2. The Morgan fingerprint density at radius 2 is 1.96 bits per heavy atom. The van der Waals surface area contributed by atoms with Crippen LogP contribution in [-0.4, -0.2) is 41.9 Å². The molecule has 1 fully saturated rings. The van der Waals surface area contributed by atoms with Crippen LogP contribution in [-0.2, 0) is 4.79 Å². The number of carbonyl (C=O) groups excluding carboxylic acids is 2. The van der Waals surface area contributed by atoms with Crippen LogP contribution >= 0.6 is 0 Å². The minimum atomic E-state index is -0.650. The number of likely N-dealkylation sites (tertiary alicyclic amines) is 1. The Balaban J connectivity index is 1.45. The van der Waals surface area contributed by atoms with Crippen LogP contribution in [0.15, 0.2) is 47.3 Å². The van der Waals surface area contributed by atoms with Gasteiger partial charge in [0.1, 0.15) is 12.0 Å². The second-order valence-electron chi connectivity index (χ2n) is 6.48. The van der Waals surface area contributed by atoms with Crippen LogP contribution in [0.4, 0.5) is 0 Å². The maximum Gasteiger partial charge on any atom is 0.260 e. The smallest absolute Gasteiger partial charge is 0.260 e. The van der Waals surface area contributed by atoms with E-state index in [4.69, 9.17) is 14.4 Å². The highest BCUT2D eigenvalue weighted by molar-refractivity contribution is 5.93. The van der Waals surface area contributed by atoms with Crippen molar-refractivity contribution >= 4 is 11.8 Å². The molecule has 0 bridgehead atoms. The summed E-state index contributed by atoms with van der Waals surface area (Å²) < 4.78 is 10.6. The number of ether oxygens (including phenoxy) is 1. The number of furan rings is 1. The molecule has 0 radical (unpaired) electrons. The van der Waals surface area contributed by atoms with E-state index in [2.05, 4.69) is 5.32 Å². The zero-order chi connectivity index (χ0) is 19.2. The molecule has 1 N–H and O–H groups in total. The zero-order valence-electron chi connectivity index (χ0n) is 15.1. The normalized spacial score (nSPS) is 15.6. The van der Waals surface area contributed by atoms with Gasteiger partial charge >= 0.3 is 0 Å². The average Bonchev–Trinajstić information content (AvgIpc) is 3.23. The SMILES string of the molecule is CC(Oc1ccc(C#N)cc1)C(=O)NC1CCN(C(=O)c2ccoc2)CC1. The van der Waals surface area contributed by atoms with Gasteiger partial charge in [-0.1, -0.05) is 0 Å². The Labute approximate surface area is 157 Å². The van der Waals surface area contributed by atoms with Crippen LogP contribution in [0.2, 0.25) is 0 Å². The van der Waals surface area contributed by atoms with Gasteiger partial charge in [-0.25, -0.2) is 0 Å². The second kappa shape index (κ2) is 8.41. The third kappa shape index (κ3) is 4.67. The molecule has 2 amide bonds. The van der Waals surface area contributed by atoms with E-state index < -0.39 is 6.10 Å². The van der Waals surface area contributed by atoms with E-state index in [-0.39, 0.29) is 17.9 Å². The molecule has 3 rings (SSSR count). The lowest BCUT2D eigenvalue weighted by atomic mass is 10.0. The summed E-state index contributed by atoms with van der Waals surface area (Å²) >= 11 is 0. The van der Waals surface area contributed by atoms with Gasteiger partial charge in [0.05, 0.1) is 23.5 Å². The van der Waals surface area contributed by atoms with E-state index in [0.29, 0.717) is 42.8 Å². The molecule has 1 aliphatic heterocycles. The van der Waals surface area contributed by atoms with Gasteiger partial charge in [0.2, 0.25) is 0 Å². The summed E-state index contributed by atoms with van der Waals surface area (Å²) in [5.41, 5.74) is 1.08. The summed E-state index contributed by atoms with van der Waals surface area (Å²) in [7, 11) is 0. The molecular weight excluding hydrogens is 346 g/mol. The Hall–Kier alpha value is -3.27. The summed E-state index contributed by atoms with van der Waals surface area (Å²) in [6.45, 7) is 2.85. The number of amides is 2. The molecule has 7 heteroatoms. The van der Waals surface area contributed by atoms with Gasteiger partial charge in [-0.2, -0.15) is 5.26 Å². The summed E-state index contributed by atoms with van der Waals surface area (Å²) in [6, 6.07) is 10.3. The van der Waals surface area contributed by atoms with Crippen molar-refractivity contribution in [2.24, 2.45) is 0 Å². The standard InChI is InChI=1S/C20H21N3O4/c1-14(27-18-4-2-15(12-21)3-5-18)19(24)22-17-6-9-23(10-7-17)20(25)16-8-11-26-13-16/h2-5,8,11,13-14,17H,6-7,9-10H2,1H3,(H,22,24). The van der Waals surface area contributed by atoms with Gasteiger partial charge in [-0.15, -0.1) is 0 Å². The van der Waals surface area contributed by atoms with Crippen molar-refractivity contribution in [3.63, 3.8) is 0 Å². The summed E-state index contributed by atoms with van der Waals surface area (Å²) in [5.74, 6) is 0.294. The van der Waals surface area contributed by atoms with Gasteiger partial charge in [0.15, 0.2) is 6.10 Å². The van der Waals surface area contributed by atoms with Crippen LogP contribution in [0.1, 0.15) is 35.7 Å². The lowest BCUT2D eigenvalue weighted by Gasteiger charge is -2.32. The minimum absolute atomic E-state index is 0.0120. The highest BCUT2D eigenvalue weighted by Crippen LogP contribution is 2.16. The first-order valence-electron chi connectivity index (χ1n) is 8.85. The number of piperidine rings is 1. The number of hydrogen-bond acceptors (Lipinski definition) is 5. The van der Waals surface area contributed by atoms with Crippen LogP contribution in [0.5, 0.6) is 5.75 Å². The monoisotopic (exact) mass is 367 g/mol. The van der Waals surface area contributed by atoms with Gasteiger partial charge in [0, 0.05) is 19.1 Å². The van der Waals surface area contributed by atoms with E-state index in [1.165, 1.54) is 12.5 Å².